The van der Waals surface area contributed by atoms with Gasteiger partial charge in [0.25, 0.3) is 0 Å². The van der Waals surface area contributed by atoms with Gasteiger partial charge in [-0.25, -0.2) is 0 Å². The Morgan fingerprint density at radius 2 is 2.16 bits per heavy atom. The minimum Gasteiger partial charge on any atom is -0.360 e. The molecule has 0 saturated carbocycles. The zero-order chi connectivity index (χ0) is 17.5. The standard InChI is InChI=1S/C18H28N6S/c1-3-19-18(20-8-4-6-16-14-21-22(2)15-16)24-11-9-23(10-12-24)17-7-5-13-25-17/h5,7,13-15H,3-4,6,8-12H2,1-2H3,(H,19,20). The zero-order valence-electron chi connectivity index (χ0n) is 15.2. The van der Waals surface area contributed by atoms with Crippen molar-refractivity contribution in [3.8, 4) is 0 Å². The maximum absolute atomic E-state index is 4.84. The largest absolute Gasteiger partial charge is 0.360 e. The van der Waals surface area contributed by atoms with Crippen molar-refractivity contribution in [1.82, 2.24) is 20.0 Å². The molecule has 2 aromatic rings. The molecule has 136 valence electrons. The van der Waals surface area contributed by atoms with E-state index in [-0.39, 0.29) is 0 Å². The van der Waals surface area contributed by atoms with Crippen LogP contribution in [-0.4, -0.2) is 59.9 Å². The summed E-state index contributed by atoms with van der Waals surface area (Å²) in [4.78, 5) is 9.69. The van der Waals surface area contributed by atoms with Gasteiger partial charge in [-0.1, -0.05) is 0 Å². The molecule has 1 aliphatic rings. The number of hydrogen-bond acceptors (Lipinski definition) is 4. The summed E-state index contributed by atoms with van der Waals surface area (Å²) >= 11 is 1.82. The van der Waals surface area contributed by atoms with Gasteiger partial charge in [0.15, 0.2) is 5.96 Å². The predicted molar refractivity (Wildman–Crippen MR) is 106 cm³/mol. The molecular weight excluding hydrogens is 332 g/mol. The number of aliphatic imine (C=N–C) groups is 1. The van der Waals surface area contributed by atoms with E-state index in [2.05, 4.69) is 50.8 Å². The Morgan fingerprint density at radius 3 is 2.80 bits per heavy atom. The molecule has 7 heteroatoms. The van der Waals surface area contributed by atoms with Crippen LogP contribution in [0.1, 0.15) is 18.9 Å². The molecule has 2 aromatic heterocycles. The monoisotopic (exact) mass is 360 g/mol. The van der Waals surface area contributed by atoms with Gasteiger partial charge >= 0.3 is 0 Å². The average Bonchev–Trinajstić information content (AvgIpc) is 3.30. The van der Waals surface area contributed by atoms with Gasteiger partial charge in [-0.15, -0.1) is 11.3 Å². The third kappa shape index (κ3) is 4.98. The molecule has 3 heterocycles. The Balaban J connectivity index is 1.48. The molecule has 0 atom stereocenters. The Morgan fingerprint density at radius 1 is 1.32 bits per heavy atom. The molecule has 1 aliphatic heterocycles. The second-order valence-corrected chi connectivity index (χ2v) is 7.21. The van der Waals surface area contributed by atoms with Gasteiger partial charge in [0, 0.05) is 52.5 Å². The van der Waals surface area contributed by atoms with E-state index in [1.54, 1.807) is 0 Å². The van der Waals surface area contributed by atoms with Gasteiger partial charge in [0.1, 0.15) is 0 Å². The van der Waals surface area contributed by atoms with Crippen molar-refractivity contribution < 1.29 is 0 Å². The Bertz CT molecular complexity index is 655. The molecule has 0 radical (unpaired) electrons. The fourth-order valence-corrected chi connectivity index (χ4v) is 3.87. The number of guanidine groups is 1. The van der Waals surface area contributed by atoms with Crippen LogP contribution in [0.3, 0.4) is 0 Å². The van der Waals surface area contributed by atoms with E-state index in [4.69, 9.17) is 4.99 Å². The highest BCUT2D eigenvalue weighted by Gasteiger charge is 2.20. The number of nitrogens with one attached hydrogen (secondary N) is 1. The molecule has 6 nitrogen and oxygen atoms in total. The van der Waals surface area contributed by atoms with Crippen LogP contribution in [0.2, 0.25) is 0 Å². The molecule has 1 N–H and O–H groups in total. The summed E-state index contributed by atoms with van der Waals surface area (Å²) in [5, 5.41) is 11.2. The van der Waals surface area contributed by atoms with E-state index in [1.165, 1.54) is 10.6 Å². The van der Waals surface area contributed by atoms with Crippen LogP contribution in [0.4, 0.5) is 5.00 Å². The molecule has 0 unspecified atom stereocenters. The summed E-state index contributed by atoms with van der Waals surface area (Å²) in [5.41, 5.74) is 1.28. The van der Waals surface area contributed by atoms with Gasteiger partial charge in [-0.3, -0.25) is 9.67 Å². The Labute approximate surface area is 154 Å². The number of aromatic nitrogens is 2. The molecule has 3 rings (SSSR count). The first-order valence-electron chi connectivity index (χ1n) is 9.05. The lowest BCUT2D eigenvalue weighted by Gasteiger charge is -2.37. The number of aryl methyl sites for hydroxylation is 2. The third-order valence-electron chi connectivity index (χ3n) is 4.38. The highest BCUT2D eigenvalue weighted by molar-refractivity contribution is 7.14. The number of hydrogen-bond donors (Lipinski definition) is 1. The Hall–Kier alpha value is -2.02. The van der Waals surface area contributed by atoms with Crippen LogP contribution in [-0.2, 0) is 13.5 Å². The molecule has 25 heavy (non-hydrogen) atoms. The quantitative estimate of drug-likeness (QED) is 0.487. The number of nitrogens with zero attached hydrogens (tertiary/aromatic N) is 5. The van der Waals surface area contributed by atoms with Gasteiger partial charge in [0.05, 0.1) is 11.2 Å². The molecule has 0 spiro atoms. The summed E-state index contributed by atoms with van der Waals surface area (Å²) < 4.78 is 1.86. The topological polar surface area (TPSA) is 48.7 Å². The maximum Gasteiger partial charge on any atom is 0.194 e. The second-order valence-electron chi connectivity index (χ2n) is 6.29. The lowest BCUT2D eigenvalue weighted by molar-refractivity contribution is 0.373. The minimum absolute atomic E-state index is 0.850. The van der Waals surface area contributed by atoms with Crippen LogP contribution in [0.5, 0.6) is 0 Å². The SMILES string of the molecule is CCNC(=NCCCc1cnn(C)c1)N1CCN(c2cccs2)CC1. The van der Waals surface area contributed by atoms with Crippen molar-refractivity contribution in [3.05, 3.63) is 35.5 Å². The molecule has 0 aromatic carbocycles. The number of rotatable bonds is 6. The van der Waals surface area contributed by atoms with Crippen molar-refractivity contribution in [2.45, 2.75) is 19.8 Å². The first-order valence-corrected chi connectivity index (χ1v) is 9.93. The Kier molecular flexibility index (Phi) is 6.33. The fraction of sp³-hybridized carbons (Fsp3) is 0.556. The molecule has 0 aliphatic carbocycles. The summed E-state index contributed by atoms with van der Waals surface area (Å²) in [6.45, 7) is 8.04. The number of piperazine rings is 1. The van der Waals surface area contributed by atoms with E-state index in [0.29, 0.717) is 0 Å². The highest BCUT2D eigenvalue weighted by Crippen LogP contribution is 2.22. The van der Waals surface area contributed by atoms with Crippen molar-refractivity contribution in [2.24, 2.45) is 12.0 Å². The van der Waals surface area contributed by atoms with E-state index in [0.717, 1.165) is 58.1 Å². The smallest absolute Gasteiger partial charge is 0.194 e. The van der Waals surface area contributed by atoms with Gasteiger partial charge < -0.3 is 15.1 Å². The molecule has 0 bridgehead atoms. The average molecular weight is 361 g/mol. The molecular formula is C18H28N6S. The normalized spacial score (nSPS) is 15.7. The van der Waals surface area contributed by atoms with Crippen molar-refractivity contribution in [3.63, 3.8) is 0 Å². The summed E-state index contributed by atoms with van der Waals surface area (Å²) in [7, 11) is 1.96. The van der Waals surface area contributed by atoms with Crippen LogP contribution in [0.25, 0.3) is 0 Å². The van der Waals surface area contributed by atoms with E-state index in [9.17, 15) is 0 Å². The predicted octanol–water partition coefficient (Wildman–Crippen LogP) is 2.20. The highest BCUT2D eigenvalue weighted by atomic mass is 32.1. The van der Waals surface area contributed by atoms with Crippen molar-refractivity contribution in [2.75, 3.05) is 44.2 Å². The first kappa shape index (κ1) is 17.8. The van der Waals surface area contributed by atoms with E-state index >= 15 is 0 Å². The van der Waals surface area contributed by atoms with E-state index in [1.807, 2.05) is 29.3 Å². The van der Waals surface area contributed by atoms with Crippen LogP contribution in [0, 0.1) is 0 Å². The lowest BCUT2D eigenvalue weighted by atomic mass is 10.2. The molecule has 0 amide bonds. The summed E-state index contributed by atoms with van der Waals surface area (Å²) in [5.74, 6) is 1.06. The molecule has 1 saturated heterocycles. The van der Waals surface area contributed by atoms with Crippen molar-refractivity contribution in [1.29, 1.82) is 0 Å². The second kappa shape index (κ2) is 8.89. The fourth-order valence-electron chi connectivity index (χ4n) is 3.08. The maximum atomic E-state index is 4.84. The van der Waals surface area contributed by atoms with Crippen LogP contribution in [0.15, 0.2) is 34.9 Å². The summed E-state index contributed by atoms with van der Waals surface area (Å²) in [6.07, 6.45) is 6.11. The molecule has 1 fully saturated rings. The number of thiophene rings is 1. The lowest BCUT2D eigenvalue weighted by Crippen LogP contribution is -2.52. The van der Waals surface area contributed by atoms with Gasteiger partial charge in [-0.05, 0) is 42.8 Å². The number of anilines is 1. The first-order chi connectivity index (χ1) is 12.3. The van der Waals surface area contributed by atoms with Gasteiger partial charge in [-0.2, -0.15) is 5.10 Å². The van der Waals surface area contributed by atoms with Crippen molar-refractivity contribution >= 4 is 22.3 Å². The van der Waals surface area contributed by atoms with Gasteiger partial charge in [0.2, 0.25) is 0 Å². The van der Waals surface area contributed by atoms with E-state index < -0.39 is 0 Å². The third-order valence-corrected chi connectivity index (χ3v) is 5.30. The van der Waals surface area contributed by atoms with Crippen LogP contribution < -0.4 is 10.2 Å². The van der Waals surface area contributed by atoms with Crippen LogP contribution >= 0.6 is 11.3 Å². The zero-order valence-corrected chi connectivity index (χ0v) is 16.0. The summed E-state index contributed by atoms with van der Waals surface area (Å²) in [6, 6.07) is 4.33. The minimum atomic E-state index is 0.850.